The minimum atomic E-state index is -1.07. The molecular weight excluding hydrogens is 485 g/mol. The van der Waals surface area contributed by atoms with Gasteiger partial charge < -0.3 is 15.2 Å². The molecule has 0 unspecified atom stereocenters. The molecule has 0 bridgehead atoms. The van der Waals surface area contributed by atoms with Crippen molar-refractivity contribution in [3.8, 4) is 5.75 Å². The number of carbonyl (C=O) groups excluding carboxylic acids is 2. The summed E-state index contributed by atoms with van der Waals surface area (Å²) in [4.78, 5) is 43.3. The molecule has 184 valence electrons. The molecule has 0 spiro atoms. The SMILES string of the molecule is COc1ccc(N=C2S[C@H](C(=O)Nc3ccc(C(=O)O)cc3)CC(=O)N2Cc2ccc(F)cc2)cc1. The molecule has 2 N–H and O–H groups in total. The van der Waals surface area contributed by atoms with Crippen molar-refractivity contribution < 1.29 is 28.6 Å². The van der Waals surface area contributed by atoms with Crippen LogP contribution < -0.4 is 10.1 Å². The van der Waals surface area contributed by atoms with Crippen LogP contribution in [0.1, 0.15) is 22.3 Å². The number of nitrogens with one attached hydrogen (secondary N) is 1. The Balaban J connectivity index is 1.57. The standard InChI is InChI=1S/C26H22FN3O5S/c1-35-21-12-10-20(11-13-21)29-26-30(15-16-2-6-18(27)7-3-16)23(31)14-22(36-26)24(32)28-19-8-4-17(5-9-19)25(33)34/h2-13,22H,14-15H2,1H3,(H,28,32)(H,33,34)/t22-/m0/s1. The lowest BCUT2D eigenvalue weighted by Crippen LogP contribution is -2.44. The van der Waals surface area contributed by atoms with Crippen molar-refractivity contribution in [2.24, 2.45) is 4.99 Å². The Morgan fingerprint density at radius 2 is 1.75 bits per heavy atom. The second kappa shape index (κ2) is 11.0. The van der Waals surface area contributed by atoms with Crippen LogP contribution in [0.3, 0.4) is 0 Å². The quantitative estimate of drug-likeness (QED) is 0.480. The number of hydrogen-bond donors (Lipinski definition) is 2. The minimum absolute atomic E-state index is 0.0630. The van der Waals surface area contributed by atoms with Crippen molar-refractivity contribution in [3.05, 3.63) is 89.7 Å². The van der Waals surface area contributed by atoms with E-state index in [0.29, 0.717) is 27.9 Å². The fraction of sp³-hybridized carbons (Fsp3) is 0.154. The van der Waals surface area contributed by atoms with Gasteiger partial charge in [-0.2, -0.15) is 0 Å². The van der Waals surface area contributed by atoms with Crippen molar-refractivity contribution in [2.75, 3.05) is 12.4 Å². The van der Waals surface area contributed by atoms with Gasteiger partial charge in [-0.25, -0.2) is 14.2 Å². The van der Waals surface area contributed by atoms with Gasteiger partial charge in [-0.15, -0.1) is 0 Å². The zero-order chi connectivity index (χ0) is 25.7. The van der Waals surface area contributed by atoms with E-state index in [2.05, 4.69) is 10.3 Å². The van der Waals surface area contributed by atoms with Gasteiger partial charge in [0.05, 0.1) is 24.9 Å². The molecule has 8 nitrogen and oxygen atoms in total. The fourth-order valence-corrected chi connectivity index (χ4v) is 4.55. The van der Waals surface area contributed by atoms with E-state index in [0.717, 1.165) is 11.8 Å². The first-order valence-electron chi connectivity index (χ1n) is 10.9. The number of methoxy groups -OCH3 is 1. The third-order valence-corrected chi connectivity index (χ3v) is 6.57. The average Bonchev–Trinajstić information content (AvgIpc) is 2.87. The number of aliphatic imine (C=N–C) groups is 1. The lowest BCUT2D eigenvalue weighted by molar-refractivity contribution is -0.129. The normalized spacial score (nSPS) is 16.6. The first kappa shape index (κ1) is 24.9. The topological polar surface area (TPSA) is 108 Å². The van der Waals surface area contributed by atoms with Crippen LogP contribution in [0.4, 0.5) is 15.8 Å². The van der Waals surface area contributed by atoms with Gasteiger partial charge in [-0.3, -0.25) is 14.5 Å². The molecule has 1 aliphatic heterocycles. The largest absolute Gasteiger partial charge is 0.497 e. The molecule has 1 saturated heterocycles. The van der Waals surface area contributed by atoms with E-state index >= 15 is 0 Å². The van der Waals surface area contributed by atoms with E-state index in [4.69, 9.17) is 9.84 Å². The summed E-state index contributed by atoms with van der Waals surface area (Å²) < 4.78 is 18.5. The Morgan fingerprint density at radius 3 is 2.36 bits per heavy atom. The number of halogens is 1. The van der Waals surface area contributed by atoms with Crippen molar-refractivity contribution in [1.29, 1.82) is 0 Å². The number of rotatable bonds is 7. The fourth-order valence-electron chi connectivity index (χ4n) is 3.46. The predicted molar refractivity (Wildman–Crippen MR) is 135 cm³/mol. The highest BCUT2D eigenvalue weighted by molar-refractivity contribution is 8.15. The van der Waals surface area contributed by atoms with Gasteiger partial charge in [0.15, 0.2) is 5.17 Å². The molecule has 0 saturated carbocycles. The molecule has 0 aromatic heterocycles. The highest BCUT2D eigenvalue weighted by Crippen LogP contribution is 2.31. The molecule has 1 atom stereocenters. The maximum atomic E-state index is 13.4. The Labute approximate surface area is 210 Å². The van der Waals surface area contributed by atoms with Gasteiger partial charge in [0.25, 0.3) is 0 Å². The van der Waals surface area contributed by atoms with Gasteiger partial charge in [0, 0.05) is 12.1 Å². The smallest absolute Gasteiger partial charge is 0.335 e. The van der Waals surface area contributed by atoms with E-state index in [1.54, 1.807) is 43.5 Å². The van der Waals surface area contributed by atoms with E-state index < -0.39 is 17.1 Å². The second-order valence-electron chi connectivity index (χ2n) is 7.88. The van der Waals surface area contributed by atoms with E-state index in [9.17, 15) is 18.8 Å². The van der Waals surface area contributed by atoms with Gasteiger partial charge in [0.2, 0.25) is 11.8 Å². The average molecular weight is 508 g/mol. The van der Waals surface area contributed by atoms with Gasteiger partial charge >= 0.3 is 5.97 Å². The second-order valence-corrected chi connectivity index (χ2v) is 9.05. The summed E-state index contributed by atoms with van der Waals surface area (Å²) in [6.07, 6.45) is -0.0630. The molecule has 1 fully saturated rings. The number of amides is 2. The maximum absolute atomic E-state index is 13.4. The molecule has 0 aliphatic carbocycles. The number of carboxylic acids is 1. The lowest BCUT2D eigenvalue weighted by atomic mass is 10.2. The molecule has 10 heteroatoms. The molecule has 0 radical (unpaired) electrons. The Kier molecular flexibility index (Phi) is 7.65. The highest BCUT2D eigenvalue weighted by Gasteiger charge is 2.36. The molecular formula is C26H22FN3O5S. The van der Waals surface area contributed by atoms with Crippen LogP contribution in [-0.4, -0.2) is 45.3 Å². The molecule has 4 rings (SSSR count). The number of amidine groups is 1. The van der Waals surface area contributed by atoms with Crippen LogP contribution in [-0.2, 0) is 16.1 Å². The van der Waals surface area contributed by atoms with Gasteiger partial charge in [0.1, 0.15) is 16.8 Å². The summed E-state index contributed by atoms with van der Waals surface area (Å²) in [5.74, 6) is -1.49. The van der Waals surface area contributed by atoms with Crippen LogP contribution in [0.25, 0.3) is 0 Å². The lowest BCUT2D eigenvalue weighted by Gasteiger charge is -2.32. The summed E-state index contributed by atoms with van der Waals surface area (Å²) in [6.45, 7) is 0.173. The summed E-state index contributed by atoms with van der Waals surface area (Å²) >= 11 is 1.15. The van der Waals surface area contributed by atoms with Crippen LogP contribution >= 0.6 is 11.8 Å². The minimum Gasteiger partial charge on any atom is -0.497 e. The summed E-state index contributed by atoms with van der Waals surface area (Å²) in [5, 5.41) is 11.4. The molecule has 2 amide bonds. The van der Waals surface area contributed by atoms with E-state index in [1.807, 2.05) is 0 Å². The molecule has 1 aliphatic rings. The van der Waals surface area contributed by atoms with Crippen molar-refractivity contribution >= 4 is 46.1 Å². The van der Waals surface area contributed by atoms with Crippen LogP contribution in [0.5, 0.6) is 5.75 Å². The Bertz CT molecular complexity index is 1290. The first-order valence-corrected chi connectivity index (χ1v) is 11.8. The van der Waals surface area contributed by atoms with Crippen molar-refractivity contribution in [2.45, 2.75) is 18.2 Å². The molecule has 36 heavy (non-hydrogen) atoms. The number of carboxylic acid groups (broad SMARTS) is 1. The van der Waals surface area contributed by atoms with Crippen LogP contribution in [0, 0.1) is 5.82 Å². The van der Waals surface area contributed by atoms with Crippen LogP contribution in [0.2, 0.25) is 0 Å². The monoisotopic (exact) mass is 507 g/mol. The summed E-state index contributed by atoms with van der Waals surface area (Å²) in [6, 6.07) is 18.5. The third-order valence-electron chi connectivity index (χ3n) is 5.38. The number of ether oxygens (including phenoxy) is 1. The van der Waals surface area contributed by atoms with E-state index in [1.165, 1.54) is 41.3 Å². The van der Waals surface area contributed by atoms with Crippen LogP contribution in [0.15, 0.2) is 77.8 Å². The number of aromatic carboxylic acids is 1. The number of thioether (sulfide) groups is 1. The van der Waals surface area contributed by atoms with Crippen molar-refractivity contribution in [1.82, 2.24) is 4.90 Å². The zero-order valence-electron chi connectivity index (χ0n) is 19.2. The number of nitrogens with zero attached hydrogens (tertiary/aromatic N) is 2. The highest BCUT2D eigenvalue weighted by atomic mass is 32.2. The molecule has 3 aromatic carbocycles. The number of anilines is 1. The van der Waals surface area contributed by atoms with Gasteiger partial charge in [-0.1, -0.05) is 23.9 Å². The zero-order valence-corrected chi connectivity index (χ0v) is 20.0. The third kappa shape index (κ3) is 6.08. The number of hydrogen-bond acceptors (Lipinski definition) is 6. The first-order chi connectivity index (χ1) is 17.3. The van der Waals surface area contributed by atoms with Gasteiger partial charge in [-0.05, 0) is 66.2 Å². The Morgan fingerprint density at radius 1 is 1.08 bits per heavy atom. The summed E-state index contributed by atoms with van der Waals surface area (Å²) in [7, 11) is 1.55. The maximum Gasteiger partial charge on any atom is 0.335 e. The van der Waals surface area contributed by atoms with Crippen molar-refractivity contribution in [3.63, 3.8) is 0 Å². The van der Waals surface area contributed by atoms with E-state index in [-0.39, 0.29) is 30.3 Å². The number of carbonyl (C=O) groups is 3. The predicted octanol–water partition coefficient (Wildman–Crippen LogP) is 4.69. The number of benzene rings is 3. The molecule has 1 heterocycles. The summed E-state index contributed by atoms with van der Waals surface area (Å²) in [5.41, 5.74) is 1.80. The molecule has 3 aromatic rings. The Hall–Kier alpha value is -4.18.